The smallest absolute Gasteiger partial charge is 0.306 e. The zero-order valence-corrected chi connectivity index (χ0v) is 36.4. The van der Waals surface area contributed by atoms with Crippen LogP contribution in [0.3, 0.4) is 0 Å². The van der Waals surface area contributed by atoms with E-state index in [0.717, 1.165) is 107 Å². The zero-order valence-electron chi connectivity index (χ0n) is 31.6. The van der Waals surface area contributed by atoms with Crippen molar-refractivity contribution in [3.63, 3.8) is 0 Å². The molecule has 300 valence electrons. The van der Waals surface area contributed by atoms with E-state index in [1.807, 2.05) is 17.3 Å². The van der Waals surface area contributed by atoms with Crippen LogP contribution in [0, 0.1) is 11.8 Å². The number of aryl methyl sites for hydroxylation is 2. The van der Waals surface area contributed by atoms with Gasteiger partial charge >= 0.3 is 5.97 Å². The fourth-order valence-corrected chi connectivity index (χ4v) is 12.1. The lowest BCUT2D eigenvalue weighted by Crippen LogP contribution is -2.44. The van der Waals surface area contributed by atoms with Crippen molar-refractivity contribution in [2.75, 3.05) is 36.9 Å². The zero-order chi connectivity index (χ0) is 40.2. The van der Waals surface area contributed by atoms with Crippen LogP contribution in [0.4, 0.5) is 23.0 Å². The Morgan fingerprint density at radius 3 is 1.76 bits per heavy atom. The Morgan fingerprint density at radius 1 is 0.729 bits per heavy atom. The molecule has 11 rings (SSSR count). The number of carboxylic acid groups (broad SMARTS) is 1. The summed E-state index contributed by atoms with van der Waals surface area (Å²) in [6, 6.07) is 8.39. The topological polar surface area (TPSA) is 167 Å². The molecule has 0 radical (unpaired) electrons. The number of aromatic nitrogens is 4. The molecule has 0 saturated carbocycles. The molecule has 3 N–H and O–H groups in total. The number of fused-ring (bicyclic) bond motifs is 8. The maximum atomic E-state index is 13.0. The molecule has 2 aromatic carbocycles. The number of carbonyl (C=O) groups is 2. The second kappa shape index (κ2) is 16.1. The highest BCUT2D eigenvalue weighted by molar-refractivity contribution is 9.11. The van der Waals surface area contributed by atoms with Crippen LogP contribution in [-0.2, 0) is 53.1 Å². The van der Waals surface area contributed by atoms with Gasteiger partial charge in [0.05, 0.1) is 54.4 Å². The summed E-state index contributed by atoms with van der Waals surface area (Å²) in [5.41, 5.74) is 9.05. The van der Waals surface area contributed by atoms with Gasteiger partial charge in [-0.15, -0.1) is 22.7 Å². The molecule has 7 heterocycles. The number of morpholine rings is 1. The number of hydrogen-bond acceptors (Lipinski definition) is 13. The summed E-state index contributed by atoms with van der Waals surface area (Å²) >= 11 is 10.6. The van der Waals surface area contributed by atoms with Gasteiger partial charge in [0.15, 0.2) is 0 Å². The normalized spacial score (nSPS) is 18.8. The van der Waals surface area contributed by atoms with Crippen LogP contribution < -0.4 is 10.6 Å². The van der Waals surface area contributed by atoms with Crippen LogP contribution in [0.1, 0.15) is 56.0 Å². The maximum absolute atomic E-state index is 13.0. The van der Waals surface area contributed by atoms with E-state index in [0.29, 0.717) is 39.1 Å². The summed E-state index contributed by atoms with van der Waals surface area (Å²) in [5.74, 6) is 0.877. The molecule has 13 nitrogen and oxygen atoms in total. The van der Waals surface area contributed by atoms with Gasteiger partial charge in [0.2, 0.25) is 5.91 Å². The van der Waals surface area contributed by atoms with E-state index in [9.17, 15) is 14.7 Å². The van der Waals surface area contributed by atoms with Gasteiger partial charge < -0.3 is 25.4 Å². The van der Waals surface area contributed by atoms with Gasteiger partial charge in [-0.3, -0.25) is 19.6 Å². The molecular formula is C42H37Br2N9O4S2. The number of aliphatic carboxylic acids is 1. The highest BCUT2D eigenvalue weighted by Gasteiger charge is 2.33. The predicted octanol–water partition coefficient (Wildman–Crippen LogP) is 8.41. The lowest BCUT2D eigenvalue weighted by atomic mass is 9.86. The number of nitrogens with one attached hydrogen (secondary N) is 2. The van der Waals surface area contributed by atoms with E-state index in [1.54, 1.807) is 35.3 Å². The fraction of sp³-hybridized carbons (Fsp3) is 0.333. The molecule has 4 aromatic heterocycles. The lowest BCUT2D eigenvalue weighted by molar-refractivity contribution is -0.142. The maximum Gasteiger partial charge on any atom is 0.306 e. The van der Waals surface area contributed by atoms with Gasteiger partial charge in [-0.25, -0.2) is 19.9 Å². The molecule has 2 atom stereocenters. The first-order valence-corrected chi connectivity index (χ1v) is 22.8. The average molecular weight is 956 g/mol. The first-order chi connectivity index (χ1) is 28.8. The standard InChI is InChI=1S/C23H22BrN5O2S.C19H15BrN4O2S/c24-17-7-14-10-25-11-15(14)8-18(17)28-21-20-16-2-1-13(23(30)29-3-5-31-6-4-29)9-19(16)32-22(20)27-12-26-21;20-13-3-10-6-21-7-11(10)4-14(13)24-17-16-12-2-1-9(19(25)26)5-15(12)27-18(16)23-8-22-17/h7-8,11-13H,1-6,9-10H2,(H,26,27,28);3-4,7-9H,1-2,5-6H2,(H,25,26)(H,22,23,24)/t13-;9-/m00/s1. The van der Waals surface area contributed by atoms with Crippen molar-refractivity contribution in [2.45, 2.75) is 51.6 Å². The molecule has 6 aromatic rings. The lowest BCUT2D eigenvalue weighted by Gasteiger charge is -2.31. The van der Waals surface area contributed by atoms with Crippen molar-refractivity contribution in [1.82, 2.24) is 24.8 Å². The number of ether oxygens (including phenoxy) is 1. The number of nitrogens with zero attached hydrogens (tertiary/aromatic N) is 7. The number of anilines is 4. The minimum Gasteiger partial charge on any atom is -0.481 e. The van der Waals surface area contributed by atoms with Crippen LogP contribution in [-0.4, -0.2) is 80.6 Å². The number of rotatable bonds is 6. The van der Waals surface area contributed by atoms with Crippen molar-refractivity contribution in [3.8, 4) is 0 Å². The third-order valence-electron chi connectivity index (χ3n) is 11.7. The minimum atomic E-state index is -0.716. The van der Waals surface area contributed by atoms with Crippen molar-refractivity contribution in [3.05, 3.63) is 89.0 Å². The number of thiophene rings is 2. The van der Waals surface area contributed by atoms with Crippen LogP contribution in [0.15, 0.2) is 55.9 Å². The quantitative estimate of drug-likeness (QED) is 0.148. The summed E-state index contributed by atoms with van der Waals surface area (Å²) < 4.78 is 7.36. The minimum absolute atomic E-state index is 0.0446. The molecule has 17 heteroatoms. The van der Waals surface area contributed by atoms with E-state index in [4.69, 9.17) is 4.74 Å². The molecule has 1 fully saturated rings. The van der Waals surface area contributed by atoms with Gasteiger partial charge in [-0.2, -0.15) is 0 Å². The van der Waals surface area contributed by atoms with Crippen molar-refractivity contribution in [2.24, 2.45) is 21.8 Å². The van der Waals surface area contributed by atoms with Gasteiger partial charge in [0.1, 0.15) is 34.0 Å². The molecule has 0 unspecified atom stereocenters. The van der Waals surface area contributed by atoms with Crippen molar-refractivity contribution >= 4 is 122 Å². The molecule has 59 heavy (non-hydrogen) atoms. The molecule has 5 aliphatic rings. The number of aliphatic imine (C=N–C) groups is 2. The predicted molar refractivity (Wildman–Crippen MR) is 238 cm³/mol. The summed E-state index contributed by atoms with van der Waals surface area (Å²) in [5, 5.41) is 18.4. The highest BCUT2D eigenvalue weighted by Crippen LogP contribution is 2.43. The highest BCUT2D eigenvalue weighted by atomic mass is 79.9. The van der Waals surface area contributed by atoms with Crippen LogP contribution in [0.25, 0.3) is 20.4 Å². The number of benzene rings is 2. The molecular weight excluding hydrogens is 918 g/mol. The van der Waals surface area contributed by atoms with Gasteiger partial charge in [-0.05, 0) is 128 Å². The Morgan fingerprint density at radius 2 is 1.24 bits per heavy atom. The number of amides is 1. The number of carboxylic acids is 1. The summed E-state index contributed by atoms with van der Waals surface area (Å²) in [6.45, 7) is 4.13. The van der Waals surface area contributed by atoms with Gasteiger partial charge in [0.25, 0.3) is 0 Å². The van der Waals surface area contributed by atoms with E-state index in [-0.39, 0.29) is 17.7 Å². The van der Waals surface area contributed by atoms with Crippen LogP contribution in [0.2, 0.25) is 0 Å². The Balaban J connectivity index is 0.000000145. The van der Waals surface area contributed by atoms with Crippen LogP contribution in [0.5, 0.6) is 0 Å². The molecule has 2 aliphatic carbocycles. The van der Waals surface area contributed by atoms with E-state index < -0.39 is 5.97 Å². The Kier molecular flexibility index (Phi) is 10.5. The van der Waals surface area contributed by atoms with E-state index in [2.05, 4.69) is 96.7 Å². The fourth-order valence-electron chi connectivity index (χ4n) is 8.58. The van der Waals surface area contributed by atoms with E-state index in [1.165, 1.54) is 27.1 Å². The molecule has 3 aliphatic heterocycles. The first kappa shape index (κ1) is 38.5. The monoisotopic (exact) mass is 953 g/mol. The SMILES string of the molecule is O=C(O)[C@H]1CCc2c(sc3ncnc(Nc4cc5c(cc4Br)CN=C5)c23)C1.O=C([C@H]1CCc2c(sc3ncnc(Nc4cc5c(cc4Br)CN=C5)c23)C1)N1CCOCC1. The Hall–Kier alpha value is -4.68. The number of hydrogen-bond donors (Lipinski definition) is 3. The second-order valence-electron chi connectivity index (χ2n) is 15.2. The molecule has 0 spiro atoms. The van der Waals surface area contributed by atoms with Gasteiger partial charge in [-0.1, -0.05) is 0 Å². The largest absolute Gasteiger partial charge is 0.481 e. The number of halogens is 2. The third kappa shape index (κ3) is 7.45. The van der Waals surface area contributed by atoms with Crippen molar-refractivity contribution in [1.29, 1.82) is 0 Å². The summed E-state index contributed by atoms with van der Waals surface area (Å²) in [6.07, 6.45) is 11.5. The summed E-state index contributed by atoms with van der Waals surface area (Å²) in [4.78, 5) is 57.4. The van der Waals surface area contributed by atoms with Gasteiger partial charge in [0, 0.05) is 50.1 Å². The third-order valence-corrected chi connectivity index (χ3v) is 15.3. The average Bonchev–Trinajstić information content (AvgIpc) is 4.06. The van der Waals surface area contributed by atoms with E-state index >= 15 is 0 Å². The summed E-state index contributed by atoms with van der Waals surface area (Å²) in [7, 11) is 0. The Labute approximate surface area is 363 Å². The number of carbonyl (C=O) groups excluding carboxylic acids is 1. The first-order valence-electron chi connectivity index (χ1n) is 19.6. The molecule has 0 bridgehead atoms. The second-order valence-corrected chi connectivity index (χ2v) is 19.1. The van der Waals surface area contributed by atoms with Crippen LogP contribution >= 0.6 is 54.5 Å². The Bertz CT molecular complexity index is 2750. The van der Waals surface area contributed by atoms with Crippen molar-refractivity contribution < 1.29 is 19.4 Å². The molecule has 1 saturated heterocycles. The molecule has 1 amide bonds.